The molecule has 0 radical (unpaired) electrons. The molecule has 2 nitrogen and oxygen atoms in total. The van der Waals surface area contributed by atoms with Gasteiger partial charge in [-0.1, -0.05) is 0 Å². The largest absolute Gasteiger partial charge is 0.327 e. The van der Waals surface area contributed by atoms with Gasteiger partial charge in [0.25, 0.3) is 0 Å². The van der Waals surface area contributed by atoms with Crippen LogP contribution in [0, 0.1) is 13.8 Å². The van der Waals surface area contributed by atoms with Gasteiger partial charge in [0.1, 0.15) is 0 Å². The molecular formula is C8H13FN2S. The Hall–Kier alpha value is -0.480. The molecule has 4 heteroatoms. The molecule has 0 saturated carbocycles. The average molecular weight is 188 g/mol. The minimum atomic E-state index is -1.42. The number of hydrogen-bond donors (Lipinski definition) is 1. The Morgan fingerprint density at radius 3 is 2.50 bits per heavy atom. The van der Waals surface area contributed by atoms with E-state index >= 15 is 0 Å². The number of aryl methyl sites for hydroxylation is 2. The summed E-state index contributed by atoms with van der Waals surface area (Å²) in [6, 6.07) is 0. The molecule has 0 fully saturated rings. The van der Waals surface area contributed by atoms with E-state index in [0.29, 0.717) is 4.88 Å². The summed E-state index contributed by atoms with van der Waals surface area (Å²) in [6.07, 6.45) is 0. The fraction of sp³-hybridized carbons (Fsp3) is 0.625. The van der Waals surface area contributed by atoms with Crippen molar-refractivity contribution in [3.8, 4) is 0 Å². The van der Waals surface area contributed by atoms with Gasteiger partial charge in [-0.05, 0) is 20.8 Å². The van der Waals surface area contributed by atoms with Crippen molar-refractivity contribution in [3.05, 3.63) is 15.6 Å². The molecule has 1 heterocycles. The van der Waals surface area contributed by atoms with Crippen LogP contribution in [0.4, 0.5) is 4.39 Å². The molecule has 0 aliphatic carbocycles. The van der Waals surface area contributed by atoms with Crippen LogP contribution in [0.25, 0.3) is 0 Å². The molecule has 0 spiro atoms. The van der Waals surface area contributed by atoms with Crippen LogP contribution in [0.1, 0.15) is 22.5 Å². The van der Waals surface area contributed by atoms with Crippen molar-refractivity contribution in [2.45, 2.75) is 26.4 Å². The quantitative estimate of drug-likeness (QED) is 0.770. The second kappa shape index (κ2) is 3.11. The molecule has 1 aromatic rings. The van der Waals surface area contributed by atoms with E-state index in [2.05, 4.69) is 4.98 Å². The second-order valence-corrected chi connectivity index (χ2v) is 4.25. The number of halogens is 1. The molecule has 0 amide bonds. The van der Waals surface area contributed by atoms with Crippen molar-refractivity contribution in [1.82, 2.24) is 4.98 Å². The van der Waals surface area contributed by atoms with E-state index < -0.39 is 5.67 Å². The van der Waals surface area contributed by atoms with Crippen LogP contribution in [0.5, 0.6) is 0 Å². The van der Waals surface area contributed by atoms with Crippen molar-refractivity contribution in [2.24, 2.45) is 5.73 Å². The van der Waals surface area contributed by atoms with Crippen molar-refractivity contribution in [3.63, 3.8) is 0 Å². The highest BCUT2D eigenvalue weighted by atomic mass is 32.1. The van der Waals surface area contributed by atoms with E-state index in [4.69, 9.17) is 5.73 Å². The summed E-state index contributed by atoms with van der Waals surface area (Å²) in [7, 11) is 0. The lowest BCUT2D eigenvalue weighted by atomic mass is 10.1. The van der Waals surface area contributed by atoms with Gasteiger partial charge < -0.3 is 5.73 Å². The van der Waals surface area contributed by atoms with E-state index in [0.717, 1.165) is 10.7 Å². The maximum atomic E-state index is 13.7. The molecule has 0 aliphatic heterocycles. The molecule has 0 saturated heterocycles. The summed E-state index contributed by atoms with van der Waals surface area (Å²) in [4.78, 5) is 4.80. The predicted molar refractivity (Wildman–Crippen MR) is 49.1 cm³/mol. The summed E-state index contributed by atoms with van der Waals surface area (Å²) in [5, 5.41) is 0.889. The van der Waals surface area contributed by atoms with E-state index in [1.54, 1.807) is 0 Å². The predicted octanol–water partition coefficient (Wildman–Crippen LogP) is 1.90. The van der Waals surface area contributed by atoms with E-state index in [9.17, 15) is 4.39 Å². The van der Waals surface area contributed by atoms with Crippen LogP contribution >= 0.6 is 11.3 Å². The first-order valence-electron chi connectivity index (χ1n) is 3.81. The third kappa shape index (κ3) is 1.64. The summed E-state index contributed by atoms with van der Waals surface area (Å²) in [5.41, 5.74) is 4.66. The first kappa shape index (κ1) is 9.61. The van der Waals surface area contributed by atoms with Crippen LogP contribution in [0.2, 0.25) is 0 Å². The molecule has 1 unspecified atom stereocenters. The Balaban J connectivity index is 3.09. The van der Waals surface area contributed by atoms with Gasteiger partial charge in [0.2, 0.25) is 0 Å². The Morgan fingerprint density at radius 1 is 1.58 bits per heavy atom. The summed E-state index contributed by atoms with van der Waals surface area (Å²) < 4.78 is 13.7. The van der Waals surface area contributed by atoms with Crippen molar-refractivity contribution in [1.29, 1.82) is 0 Å². The lowest BCUT2D eigenvalue weighted by molar-refractivity contribution is 0.207. The Morgan fingerprint density at radius 2 is 2.17 bits per heavy atom. The standard InChI is InChI=1S/C8H13FN2S/c1-5-7(8(3,9)4-10)12-6(2)11-5/h4,10H2,1-3H3. The smallest absolute Gasteiger partial charge is 0.156 e. The van der Waals surface area contributed by atoms with Crippen molar-refractivity contribution in [2.75, 3.05) is 6.54 Å². The molecule has 1 aromatic heterocycles. The first-order chi connectivity index (χ1) is 5.47. The summed E-state index contributed by atoms with van der Waals surface area (Å²) in [5.74, 6) is 0. The molecule has 12 heavy (non-hydrogen) atoms. The van der Waals surface area contributed by atoms with Gasteiger partial charge in [0.15, 0.2) is 5.67 Å². The molecular weight excluding hydrogens is 175 g/mol. The maximum Gasteiger partial charge on any atom is 0.156 e. The number of aromatic nitrogens is 1. The zero-order valence-electron chi connectivity index (χ0n) is 7.52. The highest BCUT2D eigenvalue weighted by Crippen LogP contribution is 2.31. The first-order valence-corrected chi connectivity index (χ1v) is 4.62. The normalized spacial score (nSPS) is 16.1. The molecule has 0 bridgehead atoms. The van der Waals surface area contributed by atoms with Gasteiger partial charge in [0.05, 0.1) is 15.6 Å². The van der Waals surface area contributed by atoms with Crippen molar-refractivity contribution >= 4 is 11.3 Å². The number of rotatable bonds is 2. The van der Waals surface area contributed by atoms with Crippen molar-refractivity contribution < 1.29 is 4.39 Å². The number of nitrogens with zero attached hydrogens (tertiary/aromatic N) is 1. The molecule has 68 valence electrons. The topological polar surface area (TPSA) is 38.9 Å². The maximum absolute atomic E-state index is 13.7. The molecule has 2 N–H and O–H groups in total. The van der Waals surface area contributed by atoms with Crippen LogP contribution < -0.4 is 5.73 Å². The minimum absolute atomic E-state index is 0.00940. The Bertz CT molecular complexity index is 281. The highest BCUT2D eigenvalue weighted by Gasteiger charge is 2.28. The fourth-order valence-corrected chi connectivity index (χ4v) is 2.08. The van der Waals surface area contributed by atoms with Crippen LogP contribution in [0.15, 0.2) is 0 Å². The van der Waals surface area contributed by atoms with Crippen LogP contribution in [-0.2, 0) is 5.67 Å². The fourth-order valence-electron chi connectivity index (χ4n) is 1.11. The monoisotopic (exact) mass is 188 g/mol. The second-order valence-electron chi connectivity index (χ2n) is 3.05. The van der Waals surface area contributed by atoms with Gasteiger partial charge in [-0.15, -0.1) is 11.3 Å². The minimum Gasteiger partial charge on any atom is -0.327 e. The number of nitrogens with two attached hydrogens (primary N) is 1. The number of thiazole rings is 1. The lowest BCUT2D eigenvalue weighted by Crippen LogP contribution is -2.26. The highest BCUT2D eigenvalue weighted by molar-refractivity contribution is 7.11. The summed E-state index contributed by atoms with van der Waals surface area (Å²) in [6.45, 7) is 5.18. The molecule has 0 aliphatic rings. The zero-order chi connectivity index (χ0) is 9.35. The van der Waals surface area contributed by atoms with Crippen LogP contribution in [0.3, 0.4) is 0 Å². The van der Waals surface area contributed by atoms with Crippen LogP contribution in [-0.4, -0.2) is 11.5 Å². The number of hydrogen-bond acceptors (Lipinski definition) is 3. The van der Waals surface area contributed by atoms with Gasteiger partial charge in [-0.2, -0.15) is 0 Å². The van der Waals surface area contributed by atoms with Gasteiger partial charge in [-0.25, -0.2) is 9.37 Å². The molecule has 0 aromatic carbocycles. The summed E-state index contributed by atoms with van der Waals surface area (Å²) >= 11 is 1.38. The average Bonchev–Trinajstić information content (AvgIpc) is 2.31. The third-order valence-electron chi connectivity index (χ3n) is 1.76. The Labute approximate surface area is 75.6 Å². The molecule has 1 atom stereocenters. The van der Waals surface area contributed by atoms with E-state index in [1.807, 2.05) is 13.8 Å². The van der Waals surface area contributed by atoms with E-state index in [1.165, 1.54) is 18.3 Å². The van der Waals surface area contributed by atoms with Gasteiger partial charge in [-0.3, -0.25) is 0 Å². The lowest BCUT2D eigenvalue weighted by Gasteiger charge is -2.16. The zero-order valence-corrected chi connectivity index (χ0v) is 8.33. The third-order valence-corrected chi connectivity index (χ3v) is 3.07. The van der Waals surface area contributed by atoms with Gasteiger partial charge in [0, 0.05) is 6.54 Å². The number of alkyl halides is 1. The Kier molecular flexibility index (Phi) is 2.49. The van der Waals surface area contributed by atoms with Gasteiger partial charge >= 0.3 is 0 Å². The van der Waals surface area contributed by atoms with E-state index in [-0.39, 0.29) is 6.54 Å². The SMILES string of the molecule is Cc1nc(C)c(C(C)(F)CN)s1. The molecule has 1 rings (SSSR count).